The summed E-state index contributed by atoms with van der Waals surface area (Å²) in [6.45, 7) is 0. The van der Waals surface area contributed by atoms with Gasteiger partial charge in [-0.05, 0) is 46.3 Å². The van der Waals surface area contributed by atoms with E-state index in [2.05, 4.69) is 26.5 Å². The average molecular weight is 422 g/mol. The van der Waals surface area contributed by atoms with E-state index in [-0.39, 0.29) is 16.3 Å². The van der Waals surface area contributed by atoms with Crippen LogP contribution in [0.3, 0.4) is 0 Å². The molecule has 0 saturated heterocycles. The quantitative estimate of drug-likeness (QED) is 0.547. The highest BCUT2D eigenvalue weighted by atomic mass is 79.9. The zero-order chi connectivity index (χ0) is 16.3. The minimum Gasteiger partial charge on any atom is -0.506 e. The van der Waals surface area contributed by atoms with Crippen molar-refractivity contribution in [3.63, 3.8) is 0 Å². The minimum absolute atomic E-state index is 0.0387. The molecule has 2 aromatic carbocycles. The largest absolute Gasteiger partial charge is 0.506 e. The van der Waals surface area contributed by atoms with E-state index in [1.54, 1.807) is 12.1 Å². The molecule has 0 aliphatic heterocycles. The summed E-state index contributed by atoms with van der Waals surface area (Å²) < 4.78 is 0.422. The summed E-state index contributed by atoms with van der Waals surface area (Å²) in [6, 6.07) is 7.57. The van der Waals surface area contributed by atoms with E-state index in [9.17, 15) is 9.90 Å². The van der Waals surface area contributed by atoms with E-state index in [1.165, 1.54) is 24.4 Å². The molecule has 0 aromatic heterocycles. The van der Waals surface area contributed by atoms with Crippen molar-refractivity contribution in [3.05, 3.63) is 61.0 Å². The Morgan fingerprint density at radius 1 is 1.18 bits per heavy atom. The third kappa shape index (κ3) is 4.14. The van der Waals surface area contributed by atoms with Gasteiger partial charge in [-0.1, -0.05) is 34.8 Å². The van der Waals surface area contributed by atoms with E-state index in [1.807, 2.05) is 0 Å². The molecule has 2 N–H and O–H groups in total. The van der Waals surface area contributed by atoms with Crippen LogP contribution in [0.25, 0.3) is 0 Å². The molecule has 2 rings (SSSR count). The summed E-state index contributed by atoms with van der Waals surface area (Å²) in [7, 11) is 0. The summed E-state index contributed by atoms with van der Waals surface area (Å²) >= 11 is 20.8. The molecule has 0 fully saturated rings. The molecule has 0 bridgehead atoms. The van der Waals surface area contributed by atoms with Crippen molar-refractivity contribution in [2.45, 2.75) is 0 Å². The monoisotopic (exact) mass is 420 g/mol. The van der Waals surface area contributed by atoms with E-state index >= 15 is 0 Å². The van der Waals surface area contributed by atoms with E-state index < -0.39 is 5.91 Å². The zero-order valence-electron chi connectivity index (χ0n) is 10.8. The lowest BCUT2D eigenvalue weighted by Crippen LogP contribution is -2.18. The Hall–Kier alpha value is -1.27. The summed E-state index contributed by atoms with van der Waals surface area (Å²) in [5.41, 5.74) is 2.84. The summed E-state index contributed by atoms with van der Waals surface area (Å²) in [5, 5.41) is 14.7. The number of amides is 1. The van der Waals surface area contributed by atoms with Crippen molar-refractivity contribution >= 4 is 62.9 Å². The van der Waals surface area contributed by atoms with Gasteiger partial charge in [-0.15, -0.1) is 0 Å². The maximum absolute atomic E-state index is 12.0. The first-order valence-corrected chi connectivity index (χ1v) is 7.77. The first kappa shape index (κ1) is 17.1. The number of halogens is 4. The lowest BCUT2D eigenvalue weighted by atomic mass is 10.2. The number of phenols is 1. The third-order valence-electron chi connectivity index (χ3n) is 2.60. The lowest BCUT2D eigenvalue weighted by Gasteiger charge is -2.04. The van der Waals surface area contributed by atoms with Gasteiger partial charge in [-0.25, -0.2) is 5.43 Å². The molecule has 0 aliphatic rings. The molecule has 4 nitrogen and oxygen atoms in total. The standard InChI is InChI=1S/C14H8BrCl3N2O2/c15-11-5-9(17)3-7(13(11)21)6-19-20-14(22)10-4-8(16)1-2-12(10)18/h1-6,21H,(H,20,22)/b19-6+. The van der Waals surface area contributed by atoms with Crippen molar-refractivity contribution in [1.29, 1.82) is 0 Å². The van der Waals surface area contributed by atoms with Crippen LogP contribution >= 0.6 is 50.7 Å². The molecule has 114 valence electrons. The first-order chi connectivity index (χ1) is 10.4. The lowest BCUT2D eigenvalue weighted by molar-refractivity contribution is 0.0955. The molecule has 2 aromatic rings. The van der Waals surface area contributed by atoms with E-state index in [4.69, 9.17) is 34.8 Å². The van der Waals surface area contributed by atoms with Crippen LogP contribution < -0.4 is 5.43 Å². The number of nitrogens with zero attached hydrogens (tertiary/aromatic N) is 1. The molecule has 0 aliphatic carbocycles. The fraction of sp³-hybridized carbons (Fsp3) is 0. The normalized spacial score (nSPS) is 10.9. The number of carbonyl (C=O) groups is 1. The Labute approximate surface area is 149 Å². The van der Waals surface area contributed by atoms with Gasteiger partial charge in [0.1, 0.15) is 5.75 Å². The molecule has 0 spiro atoms. The van der Waals surface area contributed by atoms with Crippen molar-refractivity contribution in [1.82, 2.24) is 5.43 Å². The molecular weight excluding hydrogens is 414 g/mol. The maximum atomic E-state index is 12.0. The Bertz CT molecular complexity index is 766. The number of rotatable bonds is 3. The molecule has 0 radical (unpaired) electrons. The highest BCUT2D eigenvalue weighted by Gasteiger charge is 2.10. The van der Waals surface area contributed by atoms with E-state index in [0.29, 0.717) is 20.1 Å². The van der Waals surface area contributed by atoms with Crippen LogP contribution in [-0.4, -0.2) is 17.2 Å². The van der Waals surface area contributed by atoms with Crippen molar-refractivity contribution in [2.75, 3.05) is 0 Å². The fourth-order valence-corrected chi connectivity index (χ4v) is 2.79. The van der Waals surface area contributed by atoms with Crippen LogP contribution in [0.5, 0.6) is 5.75 Å². The molecule has 8 heteroatoms. The van der Waals surface area contributed by atoms with Crippen LogP contribution in [0, 0.1) is 0 Å². The highest BCUT2D eigenvalue weighted by Crippen LogP contribution is 2.30. The topological polar surface area (TPSA) is 61.7 Å². The number of hydrazone groups is 1. The Kier molecular flexibility index (Phi) is 5.69. The Morgan fingerprint density at radius 3 is 2.64 bits per heavy atom. The number of benzene rings is 2. The van der Waals surface area contributed by atoms with Gasteiger partial charge in [0.2, 0.25) is 0 Å². The second-order valence-electron chi connectivity index (χ2n) is 4.15. The molecular formula is C14H8BrCl3N2O2. The minimum atomic E-state index is -0.524. The number of hydrogen-bond donors (Lipinski definition) is 2. The first-order valence-electron chi connectivity index (χ1n) is 5.85. The number of nitrogens with one attached hydrogen (secondary N) is 1. The van der Waals surface area contributed by atoms with Gasteiger partial charge in [-0.2, -0.15) is 5.10 Å². The van der Waals surface area contributed by atoms with Gasteiger partial charge in [-0.3, -0.25) is 4.79 Å². The number of hydrogen-bond acceptors (Lipinski definition) is 3. The summed E-state index contributed by atoms with van der Waals surface area (Å²) in [5.74, 6) is -0.562. The molecule has 0 saturated carbocycles. The second-order valence-corrected chi connectivity index (χ2v) is 6.28. The van der Waals surface area contributed by atoms with Crippen molar-refractivity contribution in [3.8, 4) is 5.75 Å². The van der Waals surface area contributed by atoms with Gasteiger partial charge in [0, 0.05) is 15.6 Å². The van der Waals surface area contributed by atoms with Crippen LogP contribution in [-0.2, 0) is 0 Å². The maximum Gasteiger partial charge on any atom is 0.272 e. The molecule has 22 heavy (non-hydrogen) atoms. The van der Waals surface area contributed by atoms with Gasteiger partial charge < -0.3 is 5.11 Å². The Morgan fingerprint density at radius 2 is 1.91 bits per heavy atom. The van der Waals surface area contributed by atoms with Crippen LogP contribution in [0.15, 0.2) is 39.9 Å². The summed E-state index contributed by atoms with van der Waals surface area (Å²) in [6.07, 6.45) is 1.27. The molecule has 0 atom stereocenters. The second kappa shape index (κ2) is 7.33. The molecule has 0 unspecified atom stereocenters. The van der Waals surface area contributed by atoms with Crippen molar-refractivity contribution < 1.29 is 9.90 Å². The summed E-state index contributed by atoms with van der Waals surface area (Å²) in [4.78, 5) is 12.0. The SMILES string of the molecule is O=C(N/N=C/c1cc(Cl)cc(Br)c1O)c1cc(Cl)ccc1Cl. The Balaban J connectivity index is 2.16. The molecule has 1 amide bonds. The van der Waals surface area contributed by atoms with Gasteiger partial charge >= 0.3 is 0 Å². The third-order valence-corrected chi connectivity index (χ3v) is 3.99. The average Bonchev–Trinajstić information content (AvgIpc) is 2.46. The van der Waals surface area contributed by atoms with Crippen LogP contribution in [0.1, 0.15) is 15.9 Å². The van der Waals surface area contributed by atoms with Gasteiger partial charge in [0.15, 0.2) is 0 Å². The van der Waals surface area contributed by atoms with Gasteiger partial charge in [0.05, 0.1) is 21.3 Å². The number of aromatic hydroxyl groups is 1. The van der Waals surface area contributed by atoms with Crippen LogP contribution in [0.2, 0.25) is 15.1 Å². The molecule has 0 heterocycles. The van der Waals surface area contributed by atoms with Crippen LogP contribution in [0.4, 0.5) is 0 Å². The number of phenolic OH excluding ortho intramolecular Hbond substituents is 1. The van der Waals surface area contributed by atoms with E-state index in [0.717, 1.165) is 0 Å². The predicted octanol–water partition coefficient (Wildman–Crippen LogP) is 4.88. The predicted molar refractivity (Wildman–Crippen MR) is 92.3 cm³/mol. The van der Waals surface area contributed by atoms with Gasteiger partial charge in [0.25, 0.3) is 5.91 Å². The highest BCUT2D eigenvalue weighted by molar-refractivity contribution is 9.10. The number of carbonyl (C=O) groups excluding carboxylic acids is 1. The smallest absolute Gasteiger partial charge is 0.272 e. The van der Waals surface area contributed by atoms with Crippen molar-refractivity contribution in [2.24, 2.45) is 5.10 Å². The fourth-order valence-electron chi connectivity index (χ4n) is 1.58. The zero-order valence-corrected chi connectivity index (χ0v) is 14.6.